The van der Waals surface area contributed by atoms with Gasteiger partial charge >= 0.3 is 0 Å². The summed E-state index contributed by atoms with van der Waals surface area (Å²) in [6, 6.07) is 3.74. The first kappa shape index (κ1) is 9.63. The van der Waals surface area contributed by atoms with Crippen molar-refractivity contribution in [1.82, 2.24) is 0 Å². The van der Waals surface area contributed by atoms with E-state index in [1.165, 1.54) is 11.8 Å². The Hall–Kier alpha value is -0.920. The van der Waals surface area contributed by atoms with Gasteiger partial charge in [0.05, 0.1) is 28.6 Å². The van der Waals surface area contributed by atoms with Crippen LogP contribution >= 0.6 is 11.8 Å². The molecule has 2 rings (SSSR count). The van der Waals surface area contributed by atoms with E-state index in [1.54, 1.807) is 7.11 Å². The summed E-state index contributed by atoms with van der Waals surface area (Å²) in [6.45, 7) is 0. The minimum atomic E-state index is -0.955. The Morgan fingerprint density at radius 2 is 2.36 bits per heavy atom. The summed E-state index contributed by atoms with van der Waals surface area (Å²) < 4.78 is 16.6. The SMILES string of the molecule is C#CCSc1ccc(OC)c2c1S2=O. The molecule has 1 aliphatic rings. The van der Waals surface area contributed by atoms with E-state index in [2.05, 4.69) is 5.92 Å². The van der Waals surface area contributed by atoms with Crippen LogP contribution in [0.1, 0.15) is 0 Å². The summed E-state index contributed by atoms with van der Waals surface area (Å²) in [6.07, 6.45) is 5.16. The summed E-state index contributed by atoms with van der Waals surface area (Å²) in [4.78, 5) is 2.73. The topological polar surface area (TPSA) is 26.3 Å². The number of hydrogen-bond acceptors (Lipinski definition) is 3. The van der Waals surface area contributed by atoms with Crippen LogP contribution in [0.3, 0.4) is 0 Å². The van der Waals surface area contributed by atoms with Crippen LogP contribution in [0.5, 0.6) is 5.75 Å². The van der Waals surface area contributed by atoms with Crippen LogP contribution < -0.4 is 4.74 Å². The van der Waals surface area contributed by atoms with Gasteiger partial charge in [-0.2, -0.15) is 0 Å². The van der Waals surface area contributed by atoms with Crippen molar-refractivity contribution in [3.63, 3.8) is 0 Å². The number of hydrogen-bond donors (Lipinski definition) is 0. The molecular formula is C10H8O2S2. The zero-order valence-corrected chi connectivity index (χ0v) is 9.21. The standard InChI is InChI=1S/C10H8O2S2/c1-3-6-13-8-5-4-7(12-2)9-10(8)14(9)11/h1,4-5H,6H2,2H3. The van der Waals surface area contributed by atoms with Crippen molar-refractivity contribution in [2.24, 2.45) is 0 Å². The van der Waals surface area contributed by atoms with Gasteiger partial charge in [-0.05, 0) is 12.1 Å². The lowest BCUT2D eigenvalue weighted by molar-refractivity contribution is 0.404. The number of ether oxygens (including phenoxy) is 1. The predicted molar refractivity (Wildman–Crippen MR) is 57.2 cm³/mol. The molecule has 1 aliphatic heterocycles. The van der Waals surface area contributed by atoms with Crippen LogP contribution in [0, 0.1) is 12.3 Å². The van der Waals surface area contributed by atoms with E-state index < -0.39 is 10.8 Å². The molecule has 2 nitrogen and oxygen atoms in total. The van der Waals surface area contributed by atoms with E-state index in [9.17, 15) is 4.21 Å². The Bertz CT molecular complexity index is 446. The molecule has 0 fully saturated rings. The molecule has 4 heteroatoms. The molecule has 0 spiro atoms. The number of terminal acetylenes is 1. The summed E-state index contributed by atoms with van der Waals surface area (Å²) in [7, 11) is 0.627. The average molecular weight is 224 g/mol. The second-order valence-electron chi connectivity index (χ2n) is 2.69. The quantitative estimate of drug-likeness (QED) is 0.452. The minimum Gasteiger partial charge on any atom is -0.495 e. The second kappa shape index (κ2) is 3.68. The Morgan fingerprint density at radius 1 is 1.57 bits per heavy atom. The summed E-state index contributed by atoms with van der Waals surface area (Å²) >= 11 is 1.54. The predicted octanol–water partition coefficient (Wildman–Crippen LogP) is 1.90. The van der Waals surface area contributed by atoms with Gasteiger partial charge in [0.15, 0.2) is 0 Å². The molecule has 14 heavy (non-hydrogen) atoms. The van der Waals surface area contributed by atoms with E-state index in [-0.39, 0.29) is 0 Å². The molecule has 0 aromatic heterocycles. The first-order valence-electron chi connectivity index (χ1n) is 3.98. The molecular weight excluding hydrogens is 216 g/mol. The second-order valence-corrected chi connectivity index (χ2v) is 5.06. The fourth-order valence-electron chi connectivity index (χ4n) is 1.24. The summed E-state index contributed by atoms with van der Waals surface area (Å²) in [5, 5.41) is 0. The van der Waals surface area contributed by atoms with E-state index in [4.69, 9.17) is 11.2 Å². The van der Waals surface area contributed by atoms with Gasteiger partial charge in [-0.3, -0.25) is 0 Å². The Balaban J connectivity index is 2.32. The largest absolute Gasteiger partial charge is 0.495 e. The smallest absolute Gasteiger partial charge is 0.136 e. The van der Waals surface area contributed by atoms with Gasteiger partial charge < -0.3 is 4.74 Å². The van der Waals surface area contributed by atoms with Gasteiger partial charge in [0, 0.05) is 4.90 Å². The third kappa shape index (κ3) is 1.43. The molecule has 0 N–H and O–H groups in total. The number of benzene rings is 1. The molecule has 1 aromatic rings. The fraction of sp³-hybridized carbons (Fsp3) is 0.200. The molecule has 0 amide bonds. The van der Waals surface area contributed by atoms with Gasteiger partial charge in [-0.15, -0.1) is 18.2 Å². The van der Waals surface area contributed by atoms with Gasteiger partial charge in [0.25, 0.3) is 0 Å². The molecule has 72 valence electrons. The molecule has 0 saturated heterocycles. The van der Waals surface area contributed by atoms with Crippen molar-refractivity contribution in [2.75, 3.05) is 12.9 Å². The molecule has 0 aliphatic carbocycles. The molecule has 1 heterocycles. The zero-order chi connectivity index (χ0) is 10.1. The highest BCUT2D eigenvalue weighted by Crippen LogP contribution is 2.48. The Morgan fingerprint density at radius 3 is 3.00 bits per heavy atom. The lowest BCUT2D eigenvalue weighted by Gasteiger charge is -1.97. The van der Waals surface area contributed by atoms with Gasteiger partial charge in [0.2, 0.25) is 0 Å². The first-order chi connectivity index (χ1) is 6.79. The third-order valence-corrected chi connectivity index (χ3v) is 4.36. The molecule has 0 saturated carbocycles. The highest BCUT2D eigenvalue weighted by Gasteiger charge is 2.36. The normalized spacial score (nSPS) is 17.0. The number of fused-ring (bicyclic) bond motifs is 1. The lowest BCUT2D eigenvalue weighted by atomic mass is 10.3. The monoisotopic (exact) mass is 224 g/mol. The van der Waals surface area contributed by atoms with Gasteiger partial charge in [-0.25, -0.2) is 4.21 Å². The van der Waals surface area contributed by atoms with Crippen LogP contribution in [0.25, 0.3) is 0 Å². The third-order valence-electron chi connectivity index (χ3n) is 1.90. The van der Waals surface area contributed by atoms with E-state index in [0.717, 1.165) is 14.7 Å². The maximum atomic E-state index is 11.5. The van der Waals surface area contributed by atoms with E-state index in [1.807, 2.05) is 12.1 Å². The molecule has 1 atom stereocenters. The molecule has 0 bridgehead atoms. The Kier molecular flexibility index (Phi) is 2.53. The highest BCUT2D eigenvalue weighted by molar-refractivity contribution is 8.00. The average Bonchev–Trinajstić information content (AvgIpc) is 2.88. The fourth-order valence-corrected chi connectivity index (χ4v) is 3.51. The molecule has 0 radical (unpaired) electrons. The Labute approximate surface area is 89.5 Å². The summed E-state index contributed by atoms with van der Waals surface area (Å²) in [5.74, 6) is 3.86. The van der Waals surface area contributed by atoms with Crippen LogP contribution in [-0.2, 0) is 10.8 Å². The lowest BCUT2D eigenvalue weighted by Crippen LogP contribution is -1.81. The van der Waals surface area contributed by atoms with Gasteiger partial charge in [-0.1, -0.05) is 5.92 Å². The van der Waals surface area contributed by atoms with E-state index >= 15 is 0 Å². The maximum Gasteiger partial charge on any atom is 0.136 e. The van der Waals surface area contributed by atoms with Crippen molar-refractivity contribution < 1.29 is 8.95 Å². The van der Waals surface area contributed by atoms with Crippen LogP contribution in [0.15, 0.2) is 26.8 Å². The number of methoxy groups -OCH3 is 1. The van der Waals surface area contributed by atoms with Gasteiger partial charge in [0.1, 0.15) is 10.6 Å². The maximum absolute atomic E-state index is 11.5. The number of thioether (sulfide) groups is 1. The highest BCUT2D eigenvalue weighted by atomic mass is 32.2. The van der Waals surface area contributed by atoms with Crippen molar-refractivity contribution >= 4 is 22.6 Å². The van der Waals surface area contributed by atoms with Crippen LogP contribution in [0.4, 0.5) is 0 Å². The molecule has 1 aromatic carbocycles. The van der Waals surface area contributed by atoms with Crippen molar-refractivity contribution in [2.45, 2.75) is 14.7 Å². The van der Waals surface area contributed by atoms with E-state index in [0.29, 0.717) is 11.5 Å². The van der Waals surface area contributed by atoms with Crippen molar-refractivity contribution in [3.8, 4) is 18.1 Å². The van der Waals surface area contributed by atoms with Crippen LogP contribution in [-0.4, -0.2) is 17.1 Å². The van der Waals surface area contributed by atoms with Crippen LogP contribution in [0.2, 0.25) is 0 Å². The zero-order valence-electron chi connectivity index (χ0n) is 7.57. The molecule has 1 unspecified atom stereocenters. The summed E-state index contributed by atoms with van der Waals surface area (Å²) in [5.41, 5.74) is 0. The van der Waals surface area contributed by atoms with Crippen molar-refractivity contribution in [3.05, 3.63) is 12.1 Å². The minimum absolute atomic E-state index is 0.607. The number of rotatable bonds is 3. The first-order valence-corrected chi connectivity index (χ1v) is 6.12. The van der Waals surface area contributed by atoms with Crippen molar-refractivity contribution in [1.29, 1.82) is 0 Å².